The van der Waals surface area contributed by atoms with Crippen LogP contribution in [0.25, 0.3) is 0 Å². The van der Waals surface area contributed by atoms with E-state index in [9.17, 15) is 0 Å². The fraction of sp³-hybridized carbons (Fsp3) is 0.500. The zero-order chi connectivity index (χ0) is 10.7. The highest BCUT2D eigenvalue weighted by atomic mass is 14.9. The van der Waals surface area contributed by atoms with Crippen LogP contribution in [-0.2, 0) is 0 Å². The molecule has 0 amide bonds. The van der Waals surface area contributed by atoms with E-state index >= 15 is 0 Å². The Hall–Kier alpha value is -1.56. The zero-order valence-electron chi connectivity index (χ0n) is 8.95. The number of nitriles is 1. The molecular weight excluding hydrogens is 186 g/mol. The van der Waals surface area contributed by atoms with Crippen molar-refractivity contribution in [2.24, 2.45) is 5.41 Å². The van der Waals surface area contributed by atoms with Crippen LogP contribution >= 0.6 is 0 Å². The Balaban J connectivity index is 1.91. The number of hydrogen-bond acceptors (Lipinski definition) is 3. The molecule has 1 aromatic rings. The third-order valence-corrected chi connectivity index (χ3v) is 3.25. The summed E-state index contributed by atoms with van der Waals surface area (Å²) in [5, 5.41) is 12.0. The highest BCUT2D eigenvalue weighted by molar-refractivity contribution is 5.43. The summed E-state index contributed by atoms with van der Waals surface area (Å²) < 4.78 is 0. The van der Waals surface area contributed by atoms with E-state index < -0.39 is 0 Å². The van der Waals surface area contributed by atoms with Gasteiger partial charge in [-0.05, 0) is 36.8 Å². The van der Waals surface area contributed by atoms with Gasteiger partial charge in [0.2, 0.25) is 0 Å². The van der Waals surface area contributed by atoms with Gasteiger partial charge in [0, 0.05) is 6.54 Å². The molecule has 1 aliphatic rings. The van der Waals surface area contributed by atoms with E-state index in [1.165, 1.54) is 19.3 Å². The van der Waals surface area contributed by atoms with Crippen LogP contribution in [0.3, 0.4) is 0 Å². The molecular formula is C12H15N3. The van der Waals surface area contributed by atoms with Crippen molar-refractivity contribution in [3.8, 4) is 6.07 Å². The van der Waals surface area contributed by atoms with Gasteiger partial charge >= 0.3 is 0 Å². The first-order valence-electron chi connectivity index (χ1n) is 5.38. The van der Waals surface area contributed by atoms with Crippen molar-refractivity contribution in [3.63, 3.8) is 0 Å². The lowest BCUT2D eigenvalue weighted by atomic mass is 10.0. The first-order valence-corrected chi connectivity index (χ1v) is 5.38. The van der Waals surface area contributed by atoms with Crippen LogP contribution < -0.4 is 5.32 Å². The maximum Gasteiger partial charge on any atom is 0.140 e. The van der Waals surface area contributed by atoms with Gasteiger partial charge < -0.3 is 5.32 Å². The van der Waals surface area contributed by atoms with Gasteiger partial charge in [-0.3, -0.25) is 0 Å². The van der Waals surface area contributed by atoms with Gasteiger partial charge in [0.15, 0.2) is 0 Å². The second-order valence-electron chi connectivity index (χ2n) is 4.25. The molecule has 3 nitrogen and oxygen atoms in total. The van der Waals surface area contributed by atoms with E-state index in [1.807, 2.05) is 12.1 Å². The summed E-state index contributed by atoms with van der Waals surface area (Å²) in [6, 6.07) is 5.67. The van der Waals surface area contributed by atoms with Crippen molar-refractivity contribution < 1.29 is 0 Å². The Bertz CT molecular complexity index is 371. The summed E-state index contributed by atoms with van der Waals surface area (Å²) in [6.45, 7) is 3.27. The molecule has 0 saturated heterocycles. The van der Waals surface area contributed by atoms with Gasteiger partial charge in [-0.2, -0.15) is 5.26 Å². The number of rotatable bonds is 4. The quantitative estimate of drug-likeness (QED) is 0.814. The second-order valence-corrected chi connectivity index (χ2v) is 4.25. The van der Waals surface area contributed by atoms with Gasteiger partial charge in [-0.15, -0.1) is 0 Å². The Morgan fingerprint density at radius 2 is 2.33 bits per heavy atom. The molecule has 0 unspecified atom stereocenters. The lowest BCUT2D eigenvalue weighted by Crippen LogP contribution is -2.14. The van der Waals surface area contributed by atoms with Crippen LogP contribution in [-0.4, -0.2) is 11.5 Å². The molecule has 1 heterocycles. The van der Waals surface area contributed by atoms with Crippen LogP contribution in [0.4, 0.5) is 5.69 Å². The van der Waals surface area contributed by atoms with Crippen molar-refractivity contribution in [1.82, 2.24) is 4.98 Å². The van der Waals surface area contributed by atoms with Crippen LogP contribution in [0.2, 0.25) is 0 Å². The average molecular weight is 201 g/mol. The van der Waals surface area contributed by atoms with Crippen LogP contribution in [0.1, 0.15) is 31.9 Å². The van der Waals surface area contributed by atoms with E-state index in [2.05, 4.69) is 17.2 Å². The molecule has 0 aliphatic heterocycles. The second kappa shape index (κ2) is 3.90. The monoisotopic (exact) mass is 201 g/mol. The molecule has 78 valence electrons. The lowest BCUT2D eigenvalue weighted by molar-refractivity contribution is 0.521. The number of hydrogen-bond donors (Lipinski definition) is 1. The summed E-state index contributed by atoms with van der Waals surface area (Å²) >= 11 is 0. The van der Waals surface area contributed by atoms with Gasteiger partial charge in [0.25, 0.3) is 0 Å². The molecule has 0 aromatic carbocycles. The number of aromatic nitrogens is 1. The SMILES string of the molecule is CCC1(CNc2ccc(C#N)nc2)CC1. The summed E-state index contributed by atoms with van der Waals surface area (Å²) in [5.41, 5.74) is 2.01. The zero-order valence-corrected chi connectivity index (χ0v) is 8.95. The normalized spacial score (nSPS) is 16.8. The van der Waals surface area contributed by atoms with Crippen molar-refractivity contribution in [3.05, 3.63) is 24.0 Å². The number of nitrogens with zero attached hydrogens (tertiary/aromatic N) is 2. The van der Waals surface area contributed by atoms with E-state index in [1.54, 1.807) is 12.3 Å². The third-order valence-electron chi connectivity index (χ3n) is 3.25. The van der Waals surface area contributed by atoms with Gasteiger partial charge in [-0.1, -0.05) is 6.92 Å². The van der Waals surface area contributed by atoms with E-state index in [0.717, 1.165) is 12.2 Å². The topological polar surface area (TPSA) is 48.7 Å². The average Bonchev–Trinajstić information content (AvgIpc) is 3.08. The molecule has 0 radical (unpaired) electrons. The Labute approximate surface area is 90.1 Å². The molecule has 0 spiro atoms. The maximum absolute atomic E-state index is 8.60. The predicted molar refractivity (Wildman–Crippen MR) is 59.4 cm³/mol. The maximum atomic E-state index is 8.60. The lowest BCUT2D eigenvalue weighted by Gasteiger charge is -2.13. The minimum atomic E-state index is 0.470. The molecule has 1 saturated carbocycles. The number of nitrogens with one attached hydrogen (secondary N) is 1. The molecule has 0 atom stereocenters. The van der Waals surface area contributed by atoms with Crippen molar-refractivity contribution in [2.45, 2.75) is 26.2 Å². The molecule has 1 aromatic heterocycles. The number of pyridine rings is 1. The highest BCUT2D eigenvalue weighted by Gasteiger charge is 2.40. The van der Waals surface area contributed by atoms with Crippen LogP contribution in [0.5, 0.6) is 0 Å². The van der Waals surface area contributed by atoms with E-state index in [4.69, 9.17) is 5.26 Å². The van der Waals surface area contributed by atoms with E-state index in [0.29, 0.717) is 11.1 Å². The third kappa shape index (κ3) is 2.27. The summed E-state index contributed by atoms with van der Waals surface area (Å²) in [7, 11) is 0. The fourth-order valence-electron chi connectivity index (χ4n) is 1.69. The van der Waals surface area contributed by atoms with Gasteiger partial charge in [-0.25, -0.2) is 4.98 Å². The standard InChI is InChI=1S/C12H15N3/c1-2-12(5-6-12)9-15-11-4-3-10(7-13)14-8-11/h3-4,8,15H,2,5-6,9H2,1H3. The molecule has 1 fully saturated rings. The minimum Gasteiger partial charge on any atom is -0.383 e. The van der Waals surface area contributed by atoms with Gasteiger partial charge in [0.05, 0.1) is 11.9 Å². The summed E-state index contributed by atoms with van der Waals surface area (Å²) in [4.78, 5) is 4.02. The smallest absolute Gasteiger partial charge is 0.140 e. The largest absolute Gasteiger partial charge is 0.383 e. The summed E-state index contributed by atoms with van der Waals surface area (Å²) in [6.07, 6.45) is 5.63. The number of anilines is 1. The van der Waals surface area contributed by atoms with Gasteiger partial charge in [0.1, 0.15) is 11.8 Å². The fourth-order valence-corrected chi connectivity index (χ4v) is 1.69. The van der Waals surface area contributed by atoms with E-state index in [-0.39, 0.29) is 0 Å². The first kappa shape index (κ1) is 9.97. The highest BCUT2D eigenvalue weighted by Crippen LogP contribution is 2.48. The van der Waals surface area contributed by atoms with Crippen LogP contribution in [0, 0.1) is 16.7 Å². The molecule has 3 heteroatoms. The Kier molecular flexibility index (Phi) is 2.59. The predicted octanol–water partition coefficient (Wildman–Crippen LogP) is 2.56. The van der Waals surface area contributed by atoms with Crippen molar-refractivity contribution in [1.29, 1.82) is 5.26 Å². The van der Waals surface area contributed by atoms with Crippen molar-refractivity contribution >= 4 is 5.69 Å². The Morgan fingerprint density at radius 3 is 2.80 bits per heavy atom. The molecule has 0 bridgehead atoms. The molecule has 2 rings (SSSR count). The molecule has 15 heavy (non-hydrogen) atoms. The van der Waals surface area contributed by atoms with Crippen LogP contribution in [0.15, 0.2) is 18.3 Å². The minimum absolute atomic E-state index is 0.470. The summed E-state index contributed by atoms with van der Waals surface area (Å²) in [5.74, 6) is 0. The molecule has 1 N–H and O–H groups in total. The first-order chi connectivity index (χ1) is 7.28. The van der Waals surface area contributed by atoms with Crippen molar-refractivity contribution in [2.75, 3.05) is 11.9 Å². The Morgan fingerprint density at radius 1 is 1.53 bits per heavy atom. The molecule has 1 aliphatic carbocycles.